The number of Topliss-reactive ketones (excluding diaryl/α,β-unsaturated/α-hetero) is 1. The van der Waals surface area contributed by atoms with Gasteiger partial charge in [-0.05, 0) is 14.0 Å². The van der Waals surface area contributed by atoms with Gasteiger partial charge >= 0.3 is 0 Å². The van der Waals surface area contributed by atoms with Crippen LogP contribution in [-0.2, 0) is 11.3 Å². The van der Waals surface area contributed by atoms with E-state index >= 15 is 0 Å². The number of aromatic nitrogens is 1. The fourth-order valence-electron chi connectivity index (χ4n) is 1.23. The van der Waals surface area contributed by atoms with Gasteiger partial charge in [0.1, 0.15) is 5.78 Å². The van der Waals surface area contributed by atoms with Crippen molar-refractivity contribution in [1.82, 2.24) is 9.88 Å². The van der Waals surface area contributed by atoms with Crippen LogP contribution in [-0.4, -0.2) is 29.3 Å². The first kappa shape index (κ1) is 11.3. The number of nitrogens with zero attached hydrogens (tertiary/aromatic N) is 2. The van der Waals surface area contributed by atoms with Crippen LogP contribution in [0, 0.1) is 6.92 Å². The molecule has 0 radical (unpaired) electrons. The second kappa shape index (κ2) is 5.22. The molecule has 0 aromatic carbocycles. The second-order valence-electron chi connectivity index (χ2n) is 3.42. The van der Waals surface area contributed by atoms with Crippen molar-refractivity contribution in [3.8, 4) is 0 Å². The van der Waals surface area contributed by atoms with Gasteiger partial charge in [0.25, 0.3) is 0 Å². The minimum atomic E-state index is 0.277. The van der Waals surface area contributed by atoms with Crippen LogP contribution < -0.4 is 0 Å². The second-order valence-corrected chi connectivity index (χ2v) is 4.48. The Balaban J connectivity index is 2.41. The smallest absolute Gasteiger partial charge is 0.146 e. The predicted octanol–water partition coefficient (Wildman–Crippen LogP) is 1.86. The summed E-state index contributed by atoms with van der Waals surface area (Å²) in [5.74, 6) is 0.277. The van der Waals surface area contributed by atoms with Crippen LogP contribution in [0.3, 0.4) is 0 Å². The molecule has 0 aliphatic rings. The van der Waals surface area contributed by atoms with Crippen LogP contribution in [0.2, 0.25) is 0 Å². The van der Waals surface area contributed by atoms with Crippen molar-refractivity contribution in [3.05, 3.63) is 16.1 Å². The Morgan fingerprint density at radius 1 is 1.64 bits per heavy atom. The number of rotatable bonds is 5. The van der Waals surface area contributed by atoms with E-state index in [2.05, 4.69) is 4.98 Å². The summed E-state index contributed by atoms with van der Waals surface area (Å²) in [6, 6.07) is 0. The Kier molecular flexibility index (Phi) is 4.22. The first-order chi connectivity index (χ1) is 6.61. The zero-order chi connectivity index (χ0) is 10.6. The van der Waals surface area contributed by atoms with Gasteiger partial charge in [-0.3, -0.25) is 9.69 Å². The van der Waals surface area contributed by atoms with Gasteiger partial charge < -0.3 is 0 Å². The highest BCUT2D eigenvalue weighted by Crippen LogP contribution is 2.09. The van der Waals surface area contributed by atoms with Gasteiger partial charge in [0.2, 0.25) is 0 Å². The van der Waals surface area contributed by atoms with E-state index in [0.717, 1.165) is 17.2 Å². The largest absolute Gasteiger partial charge is 0.298 e. The topological polar surface area (TPSA) is 33.2 Å². The van der Waals surface area contributed by atoms with Crippen LogP contribution >= 0.6 is 11.3 Å². The Hall–Kier alpha value is -0.740. The maximum Gasteiger partial charge on any atom is 0.146 e. The third-order valence-electron chi connectivity index (χ3n) is 1.94. The highest BCUT2D eigenvalue weighted by atomic mass is 32.1. The highest BCUT2D eigenvalue weighted by molar-refractivity contribution is 7.09. The Bertz CT molecular complexity index is 309. The lowest BCUT2D eigenvalue weighted by molar-refractivity contribution is -0.119. The molecule has 0 aliphatic carbocycles. The van der Waals surface area contributed by atoms with E-state index in [-0.39, 0.29) is 5.78 Å². The van der Waals surface area contributed by atoms with Gasteiger partial charge in [-0.1, -0.05) is 6.92 Å². The summed E-state index contributed by atoms with van der Waals surface area (Å²) in [5.41, 5.74) is 1.05. The molecule has 0 N–H and O–H groups in total. The Morgan fingerprint density at radius 2 is 2.36 bits per heavy atom. The summed E-state index contributed by atoms with van der Waals surface area (Å²) < 4.78 is 0. The van der Waals surface area contributed by atoms with Crippen LogP contribution in [0.5, 0.6) is 0 Å². The molecule has 4 heteroatoms. The lowest BCUT2D eigenvalue weighted by atomic mass is 10.3. The summed E-state index contributed by atoms with van der Waals surface area (Å²) >= 11 is 1.65. The molecule has 0 spiro atoms. The average Bonchev–Trinajstić information content (AvgIpc) is 2.50. The third-order valence-corrected chi connectivity index (χ3v) is 2.76. The van der Waals surface area contributed by atoms with Crippen LogP contribution in [0.4, 0.5) is 0 Å². The molecule has 1 heterocycles. The summed E-state index contributed by atoms with van der Waals surface area (Å²) in [7, 11) is 1.95. The normalized spacial score (nSPS) is 10.9. The number of ketones is 1. The maximum atomic E-state index is 11.2. The quantitative estimate of drug-likeness (QED) is 0.747. The molecule has 14 heavy (non-hydrogen) atoms. The number of carbonyl (C=O) groups excluding carboxylic acids is 1. The van der Waals surface area contributed by atoms with Gasteiger partial charge in [0, 0.05) is 18.3 Å². The third kappa shape index (κ3) is 3.55. The fourth-order valence-corrected chi connectivity index (χ4v) is 1.83. The maximum absolute atomic E-state index is 11.2. The molecule has 0 aliphatic heterocycles. The number of hydrogen-bond donors (Lipinski definition) is 0. The average molecular weight is 212 g/mol. The first-order valence-corrected chi connectivity index (χ1v) is 5.61. The Morgan fingerprint density at radius 3 is 2.86 bits per heavy atom. The number of aryl methyl sites for hydroxylation is 1. The number of hydrogen-bond acceptors (Lipinski definition) is 4. The number of likely N-dealkylation sites (N-methyl/N-ethyl adjacent to an activating group) is 1. The summed E-state index contributed by atoms with van der Waals surface area (Å²) in [5, 5.41) is 3.12. The summed E-state index contributed by atoms with van der Waals surface area (Å²) in [6.07, 6.45) is 0.612. The highest BCUT2D eigenvalue weighted by Gasteiger charge is 2.06. The molecule has 1 aromatic rings. The molecule has 0 saturated carbocycles. The van der Waals surface area contributed by atoms with Crippen molar-refractivity contribution in [2.75, 3.05) is 13.6 Å². The number of thiazole rings is 1. The van der Waals surface area contributed by atoms with Gasteiger partial charge in [-0.15, -0.1) is 11.3 Å². The van der Waals surface area contributed by atoms with E-state index < -0.39 is 0 Å². The Labute approximate surface area is 88.8 Å². The molecule has 1 rings (SSSR count). The van der Waals surface area contributed by atoms with Crippen LogP contribution in [0.15, 0.2) is 5.38 Å². The fraction of sp³-hybridized carbons (Fsp3) is 0.600. The van der Waals surface area contributed by atoms with Crippen LogP contribution in [0.1, 0.15) is 24.0 Å². The molecule has 0 atom stereocenters. The van der Waals surface area contributed by atoms with Gasteiger partial charge in [-0.2, -0.15) is 0 Å². The van der Waals surface area contributed by atoms with E-state index in [9.17, 15) is 4.79 Å². The van der Waals surface area contributed by atoms with E-state index in [1.807, 2.05) is 31.2 Å². The molecule has 0 saturated heterocycles. The number of carbonyl (C=O) groups is 1. The van der Waals surface area contributed by atoms with Crippen molar-refractivity contribution >= 4 is 17.1 Å². The molecule has 1 aromatic heterocycles. The van der Waals surface area contributed by atoms with Crippen molar-refractivity contribution in [1.29, 1.82) is 0 Å². The van der Waals surface area contributed by atoms with Crippen molar-refractivity contribution in [2.24, 2.45) is 0 Å². The predicted molar refractivity (Wildman–Crippen MR) is 58.5 cm³/mol. The molecular formula is C10H16N2OS. The van der Waals surface area contributed by atoms with Crippen LogP contribution in [0.25, 0.3) is 0 Å². The van der Waals surface area contributed by atoms with E-state index in [1.54, 1.807) is 11.3 Å². The van der Waals surface area contributed by atoms with E-state index in [0.29, 0.717) is 13.0 Å². The minimum Gasteiger partial charge on any atom is -0.298 e. The standard InChI is InChI=1S/C10H16N2OS/c1-4-10(13)6-12(3)5-9-7-14-8(2)11-9/h7H,4-6H2,1-3H3. The van der Waals surface area contributed by atoms with Crippen molar-refractivity contribution in [3.63, 3.8) is 0 Å². The molecular weight excluding hydrogens is 196 g/mol. The van der Waals surface area contributed by atoms with E-state index in [1.165, 1.54) is 0 Å². The van der Waals surface area contributed by atoms with Gasteiger partial charge in [-0.25, -0.2) is 4.98 Å². The molecule has 0 bridgehead atoms. The molecule has 0 unspecified atom stereocenters. The SMILES string of the molecule is CCC(=O)CN(C)Cc1csc(C)n1. The molecule has 78 valence electrons. The van der Waals surface area contributed by atoms with Gasteiger partial charge in [0.05, 0.1) is 17.2 Å². The monoisotopic (exact) mass is 212 g/mol. The molecule has 0 amide bonds. The lowest BCUT2D eigenvalue weighted by Gasteiger charge is -2.13. The van der Waals surface area contributed by atoms with Crippen molar-refractivity contribution in [2.45, 2.75) is 26.8 Å². The molecule has 3 nitrogen and oxygen atoms in total. The zero-order valence-electron chi connectivity index (χ0n) is 8.91. The summed E-state index contributed by atoms with van der Waals surface area (Å²) in [4.78, 5) is 17.5. The summed E-state index contributed by atoms with van der Waals surface area (Å²) in [6.45, 7) is 5.16. The van der Waals surface area contributed by atoms with Crippen molar-refractivity contribution < 1.29 is 4.79 Å². The molecule has 0 fully saturated rings. The van der Waals surface area contributed by atoms with E-state index in [4.69, 9.17) is 0 Å². The zero-order valence-corrected chi connectivity index (χ0v) is 9.73. The minimum absolute atomic E-state index is 0.277. The first-order valence-electron chi connectivity index (χ1n) is 4.73. The van der Waals surface area contributed by atoms with Gasteiger partial charge in [0.15, 0.2) is 0 Å². The lowest BCUT2D eigenvalue weighted by Crippen LogP contribution is -2.25.